The molecule has 0 aliphatic rings. The van der Waals surface area contributed by atoms with Crippen LogP contribution in [0.25, 0.3) is 21.3 Å². The van der Waals surface area contributed by atoms with E-state index in [0.717, 1.165) is 4.70 Å². The summed E-state index contributed by atoms with van der Waals surface area (Å²) in [5, 5.41) is 9.83. The Morgan fingerprint density at radius 3 is 2.58 bits per heavy atom. The van der Waals surface area contributed by atoms with Gasteiger partial charge >= 0.3 is 0 Å². The molecular formula is C18H24N8O2S3. The fourth-order valence-electron chi connectivity index (χ4n) is 3.01. The molecule has 0 aliphatic heterocycles. The second kappa shape index (κ2) is 8.61. The van der Waals surface area contributed by atoms with Crippen LogP contribution in [-0.2, 0) is 10.0 Å². The quantitative estimate of drug-likeness (QED) is 0.0941. The van der Waals surface area contributed by atoms with Gasteiger partial charge in [-0.05, 0) is 31.5 Å². The molecule has 1 heterocycles. The van der Waals surface area contributed by atoms with Crippen molar-refractivity contribution in [2.45, 2.75) is 29.2 Å². The van der Waals surface area contributed by atoms with Crippen LogP contribution in [-0.4, -0.2) is 30.5 Å². The van der Waals surface area contributed by atoms with E-state index in [1.165, 1.54) is 23.1 Å². The number of thioether (sulfide) groups is 1. The summed E-state index contributed by atoms with van der Waals surface area (Å²) in [6.07, 6.45) is 0. The molecule has 13 heteroatoms. The monoisotopic (exact) mass is 480 g/mol. The summed E-state index contributed by atoms with van der Waals surface area (Å²) in [5.41, 5.74) is 21.5. The average Bonchev–Trinajstić information content (AvgIpc) is 3.04. The minimum Gasteiger partial charge on any atom is -0.382 e. The maximum Gasteiger partial charge on any atom is 0.239 e. The van der Waals surface area contributed by atoms with Gasteiger partial charge in [0.2, 0.25) is 10.0 Å². The molecule has 0 atom stereocenters. The number of amidine groups is 1. The molecule has 0 amide bonds. The first kappa shape index (κ1) is 23.2. The molecule has 0 spiro atoms. The van der Waals surface area contributed by atoms with Gasteiger partial charge in [0.1, 0.15) is 4.90 Å². The van der Waals surface area contributed by atoms with E-state index >= 15 is 0 Å². The van der Waals surface area contributed by atoms with Gasteiger partial charge in [-0.1, -0.05) is 29.5 Å². The molecule has 11 N–H and O–H groups in total. The Balaban J connectivity index is 2.38. The number of rotatable bonds is 7. The summed E-state index contributed by atoms with van der Waals surface area (Å²) in [7, 11) is -4.21. The van der Waals surface area contributed by atoms with Gasteiger partial charge in [0.15, 0.2) is 11.0 Å². The number of nitrogen functional groups attached to an aromatic ring is 1. The van der Waals surface area contributed by atoms with Gasteiger partial charge in [-0.25, -0.2) is 29.9 Å². The summed E-state index contributed by atoms with van der Waals surface area (Å²) in [6, 6.07) is 8.92. The molecular weight excluding hydrogens is 456 g/mol. The number of anilines is 1. The van der Waals surface area contributed by atoms with Gasteiger partial charge in [-0.3, -0.25) is 0 Å². The van der Waals surface area contributed by atoms with E-state index in [4.69, 9.17) is 28.2 Å². The van der Waals surface area contributed by atoms with Crippen LogP contribution in [0.4, 0.5) is 5.13 Å². The minimum absolute atomic E-state index is 0.124. The molecule has 2 aromatic carbocycles. The van der Waals surface area contributed by atoms with Crippen LogP contribution in [0.1, 0.15) is 19.4 Å². The number of hydrogen-bond acceptors (Lipinski definition) is 10. The number of fused-ring (bicyclic) bond motifs is 1. The number of thiazole rings is 1. The van der Waals surface area contributed by atoms with Crippen molar-refractivity contribution in [2.24, 2.45) is 27.6 Å². The number of nitrogens with zero attached hydrogens (tertiary/aromatic N) is 2. The van der Waals surface area contributed by atoms with Crippen molar-refractivity contribution in [3.05, 3.63) is 35.9 Å². The second-order valence-electron chi connectivity index (χ2n) is 7.47. The number of hydrazine groups is 1. The molecule has 1 aromatic heterocycles. The van der Waals surface area contributed by atoms with Crippen molar-refractivity contribution in [1.29, 1.82) is 0 Å². The molecule has 166 valence electrons. The highest BCUT2D eigenvalue weighted by Crippen LogP contribution is 2.39. The van der Waals surface area contributed by atoms with Crippen molar-refractivity contribution < 1.29 is 8.42 Å². The Morgan fingerprint density at radius 1 is 1.26 bits per heavy atom. The van der Waals surface area contributed by atoms with Gasteiger partial charge in [0.25, 0.3) is 0 Å². The molecule has 0 fully saturated rings. The normalized spacial score (nSPS) is 13.0. The topological polar surface area (TPSA) is 202 Å². The van der Waals surface area contributed by atoms with Crippen LogP contribution >= 0.6 is 23.1 Å². The number of sulfonamides is 1. The van der Waals surface area contributed by atoms with E-state index in [9.17, 15) is 8.42 Å². The SMILES string of the molecule is CC(C)(N)CSc1ccc(-c2cccc3sc(N)nc23)c(/C(N)=N/NN)c1S(N)(=O)=O. The zero-order valence-electron chi connectivity index (χ0n) is 16.9. The third kappa shape index (κ3) is 5.08. The fraction of sp³-hybridized carbons (Fsp3) is 0.222. The lowest BCUT2D eigenvalue weighted by molar-refractivity contribution is 0.589. The summed E-state index contributed by atoms with van der Waals surface area (Å²) in [6.45, 7) is 3.68. The summed E-state index contributed by atoms with van der Waals surface area (Å²) in [4.78, 5) is 4.64. The molecule has 0 bridgehead atoms. The van der Waals surface area contributed by atoms with Crippen LogP contribution in [0.2, 0.25) is 0 Å². The van der Waals surface area contributed by atoms with Gasteiger partial charge in [-0.2, -0.15) is 0 Å². The number of hydrogen-bond donors (Lipinski definition) is 6. The number of benzene rings is 2. The Hall–Kier alpha value is -2.42. The third-order valence-electron chi connectivity index (χ3n) is 4.17. The van der Waals surface area contributed by atoms with E-state index in [2.05, 4.69) is 15.6 Å². The third-order valence-corrected chi connectivity index (χ3v) is 7.68. The maximum atomic E-state index is 12.7. The smallest absolute Gasteiger partial charge is 0.239 e. The van der Waals surface area contributed by atoms with Crippen molar-refractivity contribution in [3.8, 4) is 11.1 Å². The lowest BCUT2D eigenvalue weighted by Gasteiger charge is -2.21. The zero-order valence-corrected chi connectivity index (χ0v) is 19.4. The molecule has 0 radical (unpaired) electrons. The summed E-state index contributed by atoms with van der Waals surface area (Å²) in [5.74, 6) is 5.62. The number of primary sulfonamides is 1. The van der Waals surface area contributed by atoms with Crippen molar-refractivity contribution in [3.63, 3.8) is 0 Å². The summed E-state index contributed by atoms with van der Waals surface area (Å²) < 4.78 is 26.2. The number of aromatic nitrogens is 1. The maximum absolute atomic E-state index is 12.7. The van der Waals surface area contributed by atoms with Gasteiger partial charge < -0.3 is 17.2 Å². The van der Waals surface area contributed by atoms with Crippen LogP contribution in [0.15, 0.2) is 45.2 Å². The Kier molecular flexibility index (Phi) is 6.45. The van der Waals surface area contributed by atoms with E-state index in [1.807, 2.05) is 26.0 Å². The molecule has 0 unspecified atom stereocenters. The van der Waals surface area contributed by atoms with Crippen molar-refractivity contribution in [2.75, 3.05) is 11.5 Å². The molecule has 10 nitrogen and oxygen atoms in total. The highest BCUT2D eigenvalue weighted by Gasteiger charge is 2.27. The lowest BCUT2D eigenvalue weighted by Crippen LogP contribution is -2.34. The highest BCUT2D eigenvalue weighted by atomic mass is 32.2. The predicted octanol–water partition coefficient (Wildman–Crippen LogP) is 1.11. The average molecular weight is 481 g/mol. The van der Waals surface area contributed by atoms with E-state index in [0.29, 0.717) is 32.4 Å². The standard InChI is InChI=1S/C18H24N8O2S3/c1-18(2,21)8-29-12-7-6-9(10-4-3-5-11-14(10)24-17(20)30-11)13(16(19)25-26-22)15(12)31(23,27)28/h3-7,26H,8,21-22H2,1-2H3,(H2,19,25)(H2,20,24)(H2,23,27,28). The first-order chi connectivity index (χ1) is 14.4. The van der Waals surface area contributed by atoms with Gasteiger partial charge in [-0.15, -0.1) is 16.9 Å². The molecule has 3 aromatic rings. The minimum atomic E-state index is -4.21. The number of nitrogens with two attached hydrogens (primary N) is 5. The van der Waals surface area contributed by atoms with Crippen molar-refractivity contribution in [1.82, 2.24) is 10.5 Å². The first-order valence-electron chi connectivity index (χ1n) is 8.98. The highest BCUT2D eigenvalue weighted by molar-refractivity contribution is 8.00. The number of para-hydroxylation sites is 1. The van der Waals surface area contributed by atoms with Crippen molar-refractivity contribution >= 4 is 54.3 Å². The molecule has 3 rings (SSSR count). The van der Waals surface area contributed by atoms with E-state index in [1.54, 1.807) is 18.2 Å². The van der Waals surface area contributed by atoms with Gasteiger partial charge in [0, 0.05) is 27.3 Å². The van der Waals surface area contributed by atoms with E-state index < -0.39 is 15.6 Å². The van der Waals surface area contributed by atoms with Crippen LogP contribution in [0, 0.1) is 0 Å². The van der Waals surface area contributed by atoms with Crippen LogP contribution < -0.4 is 33.7 Å². The Bertz CT molecular complexity index is 1260. The summed E-state index contributed by atoms with van der Waals surface area (Å²) >= 11 is 2.58. The number of hydrazone groups is 1. The molecule has 0 saturated carbocycles. The number of nitrogens with one attached hydrogen (secondary N) is 1. The second-order valence-corrected chi connectivity index (χ2v) is 11.0. The Morgan fingerprint density at radius 2 is 1.97 bits per heavy atom. The largest absolute Gasteiger partial charge is 0.382 e. The molecule has 31 heavy (non-hydrogen) atoms. The predicted molar refractivity (Wildman–Crippen MR) is 128 cm³/mol. The Labute approximate surface area is 188 Å². The molecule has 0 saturated heterocycles. The first-order valence-corrected chi connectivity index (χ1v) is 12.3. The zero-order chi connectivity index (χ0) is 23.0. The van der Waals surface area contributed by atoms with E-state index in [-0.39, 0.29) is 16.3 Å². The molecule has 0 aliphatic carbocycles. The van der Waals surface area contributed by atoms with Crippen LogP contribution in [0.3, 0.4) is 0 Å². The van der Waals surface area contributed by atoms with Crippen LogP contribution in [0.5, 0.6) is 0 Å². The fourth-order valence-corrected chi connectivity index (χ4v) is 6.07. The lowest BCUT2D eigenvalue weighted by atomic mass is 9.98. The van der Waals surface area contributed by atoms with Gasteiger partial charge in [0.05, 0.1) is 10.2 Å².